The molecule has 0 aliphatic rings. The lowest BCUT2D eigenvalue weighted by Gasteiger charge is -1.86. The highest BCUT2D eigenvalue weighted by Crippen LogP contribution is 1.79. The zero-order valence-corrected chi connectivity index (χ0v) is 5.99. The third-order valence-electron chi connectivity index (χ3n) is 0.816. The summed E-state index contributed by atoms with van der Waals surface area (Å²) < 4.78 is 0. The second-order valence-corrected chi connectivity index (χ2v) is 1.50. The number of hydrogen-bond donors (Lipinski definition) is 1. The molecule has 0 heterocycles. The minimum atomic E-state index is 0.565. The van der Waals surface area contributed by atoms with Gasteiger partial charge in [-0.3, -0.25) is 0 Å². The van der Waals surface area contributed by atoms with Crippen LogP contribution in [0.15, 0.2) is 35.7 Å². The normalized spacial score (nSPS) is 12.9. The van der Waals surface area contributed by atoms with Crippen molar-refractivity contribution in [2.75, 3.05) is 0 Å². The average Bonchev–Trinajstić information content (AvgIpc) is 1.89. The minimum absolute atomic E-state index is 0.565. The van der Waals surface area contributed by atoms with Gasteiger partial charge in [0.05, 0.1) is 6.20 Å². The molecule has 0 saturated carbocycles. The summed E-state index contributed by atoms with van der Waals surface area (Å²) in [6.45, 7) is 8.50. The van der Waals surface area contributed by atoms with Gasteiger partial charge in [-0.15, -0.1) is 0 Å². The summed E-state index contributed by atoms with van der Waals surface area (Å²) >= 11 is 0. The van der Waals surface area contributed by atoms with Crippen LogP contribution in [0.4, 0.5) is 0 Å². The van der Waals surface area contributed by atoms with Crippen molar-refractivity contribution in [1.29, 1.82) is 0 Å². The molecule has 0 aromatic heterocycles. The molecule has 0 rings (SSSR count). The topological polar surface area (TPSA) is 53.8 Å². The molecule has 0 aromatic carbocycles. The van der Waals surface area contributed by atoms with Gasteiger partial charge in [0.2, 0.25) is 0 Å². The molecule has 10 heavy (non-hydrogen) atoms. The molecule has 0 saturated heterocycles. The molecular formula is C6H11N4+. The van der Waals surface area contributed by atoms with Crippen molar-refractivity contribution in [3.63, 3.8) is 0 Å². The van der Waals surface area contributed by atoms with Crippen LogP contribution >= 0.6 is 0 Å². The summed E-state index contributed by atoms with van der Waals surface area (Å²) in [7, 11) is 0. The summed E-state index contributed by atoms with van der Waals surface area (Å²) in [6, 6.07) is 0. The fraction of sp³-hybridized carbons (Fsp3) is 0.167. The Morgan fingerprint density at radius 3 is 2.50 bits per heavy atom. The number of rotatable bonds is 2. The third-order valence-corrected chi connectivity index (χ3v) is 0.816. The number of amidine groups is 1. The van der Waals surface area contributed by atoms with Gasteiger partial charge in [0, 0.05) is 6.92 Å². The van der Waals surface area contributed by atoms with E-state index in [0.717, 1.165) is 4.81 Å². The number of nitrogens with zero attached hydrogens (tertiary/aromatic N) is 3. The van der Waals surface area contributed by atoms with Gasteiger partial charge in [-0.1, -0.05) is 23.3 Å². The summed E-state index contributed by atoms with van der Waals surface area (Å²) in [4.78, 5) is 4.90. The predicted octanol–water partition coefficient (Wildman–Crippen LogP) is 1.03. The highest BCUT2D eigenvalue weighted by atomic mass is 15.5. The fourth-order valence-corrected chi connectivity index (χ4v) is 0.363. The largest absolute Gasteiger partial charge is 0.339 e. The lowest BCUT2D eigenvalue weighted by atomic mass is 10.7. The van der Waals surface area contributed by atoms with Crippen LogP contribution in [0.3, 0.4) is 0 Å². The van der Waals surface area contributed by atoms with E-state index in [2.05, 4.69) is 23.3 Å². The van der Waals surface area contributed by atoms with Crippen LogP contribution in [0, 0.1) is 0 Å². The number of aliphatic imine (C=N–C) groups is 1. The number of hydrazine groups is 1. The van der Waals surface area contributed by atoms with Crippen LogP contribution in [0.25, 0.3) is 0 Å². The van der Waals surface area contributed by atoms with Gasteiger partial charge in [0.15, 0.2) is 0 Å². The molecule has 2 N–H and O–H groups in total. The Bertz CT molecular complexity index is 168. The molecule has 0 atom stereocenters. The maximum absolute atomic E-state index is 5.33. The molecule has 0 aromatic rings. The molecule has 0 aliphatic carbocycles. The van der Waals surface area contributed by atoms with Crippen LogP contribution < -0.4 is 5.84 Å². The molecule has 0 unspecified atom stereocenters. The maximum Gasteiger partial charge on any atom is 0.339 e. The highest BCUT2D eigenvalue weighted by Gasteiger charge is 2.00. The Hall–Kier alpha value is -1.45. The van der Waals surface area contributed by atoms with Crippen molar-refractivity contribution < 1.29 is 4.81 Å². The first-order valence-electron chi connectivity index (χ1n) is 2.74. The number of azo groups is 1. The summed E-state index contributed by atoms with van der Waals surface area (Å²) in [5.74, 6) is 5.90. The van der Waals surface area contributed by atoms with E-state index in [0.29, 0.717) is 5.84 Å². The Morgan fingerprint density at radius 1 is 1.50 bits per heavy atom. The van der Waals surface area contributed by atoms with Crippen LogP contribution in [0.2, 0.25) is 0 Å². The van der Waals surface area contributed by atoms with Crippen molar-refractivity contribution in [2.45, 2.75) is 6.92 Å². The zero-order valence-electron chi connectivity index (χ0n) is 5.99. The van der Waals surface area contributed by atoms with Crippen molar-refractivity contribution >= 4 is 5.84 Å². The van der Waals surface area contributed by atoms with Crippen molar-refractivity contribution in [2.24, 2.45) is 15.9 Å². The van der Waals surface area contributed by atoms with Crippen LogP contribution in [-0.2, 0) is 0 Å². The molecule has 0 radical (unpaired) electrons. The Morgan fingerprint density at radius 2 is 2.10 bits per heavy atom. The van der Waals surface area contributed by atoms with E-state index in [-0.39, 0.29) is 0 Å². The number of hydrogen-bond acceptors (Lipinski definition) is 2. The quantitative estimate of drug-likeness (QED) is 0.152. The molecule has 0 amide bonds. The molecule has 0 fully saturated rings. The van der Waals surface area contributed by atoms with Gasteiger partial charge in [-0.05, 0) is 4.81 Å². The first-order valence-corrected chi connectivity index (χ1v) is 2.74. The van der Waals surface area contributed by atoms with E-state index < -0.39 is 0 Å². The Kier molecular flexibility index (Phi) is 3.79. The smallest absolute Gasteiger partial charge is 0.248 e. The second kappa shape index (κ2) is 4.43. The lowest BCUT2D eigenvalue weighted by Crippen LogP contribution is -2.22. The molecule has 0 aliphatic heterocycles. The Balaban J connectivity index is 4.33. The summed E-state index contributed by atoms with van der Waals surface area (Å²) in [5, 5.41) is 3.64. The molecule has 0 spiro atoms. The van der Waals surface area contributed by atoms with Crippen LogP contribution in [-0.4, -0.2) is 10.6 Å². The molecular weight excluding hydrogens is 128 g/mol. The SMILES string of the molecule is C=CN=C(C)[N+](N)=NC=C. The van der Waals surface area contributed by atoms with E-state index in [1.54, 1.807) is 6.92 Å². The van der Waals surface area contributed by atoms with Crippen LogP contribution in [0.1, 0.15) is 6.92 Å². The first kappa shape index (κ1) is 8.55. The summed E-state index contributed by atoms with van der Waals surface area (Å²) in [5.41, 5.74) is 0. The van der Waals surface area contributed by atoms with E-state index >= 15 is 0 Å². The van der Waals surface area contributed by atoms with E-state index in [1.807, 2.05) is 0 Å². The molecule has 54 valence electrons. The highest BCUT2D eigenvalue weighted by molar-refractivity contribution is 5.70. The third kappa shape index (κ3) is 2.76. The van der Waals surface area contributed by atoms with Crippen molar-refractivity contribution in [1.82, 2.24) is 0 Å². The second-order valence-electron chi connectivity index (χ2n) is 1.50. The fourth-order valence-electron chi connectivity index (χ4n) is 0.363. The average molecular weight is 139 g/mol. The maximum atomic E-state index is 5.33. The van der Waals surface area contributed by atoms with Gasteiger partial charge in [0.1, 0.15) is 6.20 Å². The molecule has 4 heteroatoms. The standard InChI is InChI=1S/C6H11N4/c1-4-8-6(3)10(7)9-5-2/h4-5H,1-2H2,3H3,(H2,7,9)/q+1. The van der Waals surface area contributed by atoms with Crippen molar-refractivity contribution in [3.8, 4) is 0 Å². The molecule has 4 nitrogen and oxygen atoms in total. The summed E-state index contributed by atoms with van der Waals surface area (Å²) in [6.07, 6.45) is 2.73. The Labute approximate surface area is 60.0 Å². The van der Waals surface area contributed by atoms with Gasteiger partial charge in [0.25, 0.3) is 0 Å². The van der Waals surface area contributed by atoms with Gasteiger partial charge in [-0.25, -0.2) is 5.84 Å². The zero-order chi connectivity index (χ0) is 7.98. The number of nitrogens with two attached hydrogens (primary N) is 1. The minimum Gasteiger partial charge on any atom is -0.248 e. The monoisotopic (exact) mass is 139 g/mol. The predicted molar refractivity (Wildman–Crippen MR) is 40.4 cm³/mol. The molecule has 0 bridgehead atoms. The van der Waals surface area contributed by atoms with E-state index in [9.17, 15) is 0 Å². The lowest BCUT2D eigenvalue weighted by molar-refractivity contribution is -0.491. The van der Waals surface area contributed by atoms with E-state index in [4.69, 9.17) is 5.84 Å². The van der Waals surface area contributed by atoms with E-state index in [1.165, 1.54) is 12.4 Å². The van der Waals surface area contributed by atoms with Gasteiger partial charge >= 0.3 is 5.84 Å². The van der Waals surface area contributed by atoms with Gasteiger partial charge in [-0.2, -0.15) is 0 Å². The van der Waals surface area contributed by atoms with Gasteiger partial charge < -0.3 is 0 Å². The van der Waals surface area contributed by atoms with Crippen molar-refractivity contribution in [3.05, 3.63) is 25.6 Å². The van der Waals surface area contributed by atoms with Crippen LogP contribution in [0.5, 0.6) is 0 Å². The first-order chi connectivity index (χ1) is 4.72.